The Kier molecular flexibility index (Phi) is 3.92. The Morgan fingerprint density at radius 2 is 2.46 bits per heavy atom. The van der Waals surface area contributed by atoms with E-state index in [-0.39, 0.29) is 5.91 Å². The summed E-state index contributed by atoms with van der Waals surface area (Å²) in [4.78, 5) is 15.3. The van der Waals surface area contributed by atoms with Gasteiger partial charge in [0.05, 0.1) is 9.13 Å². The van der Waals surface area contributed by atoms with Crippen LogP contribution in [-0.4, -0.2) is 17.4 Å². The van der Waals surface area contributed by atoms with Crippen LogP contribution in [0.2, 0.25) is 5.15 Å². The molecule has 1 amide bonds. The summed E-state index contributed by atoms with van der Waals surface area (Å²) >= 11 is 7.76. The zero-order chi connectivity index (χ0) is 9.84. The van der Waals surface area contributed by atoms with Crippen molar-refractivity contribution in [2.75, 3.05) is 6.54 Å². The molecular weight excluding hydrogens is 302 g/mol. The number of hydrogen-bond acceptors (Lipinski definition) is 2. The summed E-state index contributed by atoms with van der Waals surface area (Å²) in [6.45, 7) is 2.47. The largest absolute Gasteiger partial charge is 0.352 e. The Morgan fingerprint density at radius 1 is 1.77 bits per heavy atom. The number of carbonyl (C=O) groups is 1. The summed E-state index contributed by atoms with van der Waals surface area (Å²) in [6, 6.07) is 1.65. The third-order valence-electron chi connectivity index (χ3n) is 1.43. The van der Waals surface area contributed by atoms with Crippen LogP contribution in [0.5, 0.6) is 0 Å². The van der Waals surface area contributed by atoms with E-state index in [0.29, 0.717) is 20.8 Å². The number of halogens is 2. The van der Waals surface area contributed by atoms with Gasteiger partial charge >= 0.3 is 0 Å². The maximum absolute atomic E-state index is 11.4. The Labute approximate surface area is 95.0 Å². The van der Waals surface area contributed by atoms with E-state index in [1.807, 2.05) is 29.5 Å². The molecule has 1 heterocycles. The lowest BCUT2D eigenvalue weighted by atomic mass is 10.2. The number of nitrogens with one attached hydrogen (secondary N) is 1. The van der Waals surface area contributed by atoms with E-state index in [2.05, 4.69) is 10.3 Å². The van der Waals surface area contributed by atoms with Crippen molar-refractivity contribution < 1.29 is 4.79 Å². The molecule has 0 fully saturated rings. The predicted molar refractivity (Wildman–Crippen MR) is 60.0 cm³/mol. The van der Waals surface area contributed by atoms with Crippen molar-refractivity contribution in [2.24, 2.45) is 0 Å². The van der Waals surface area contributed by atoms with Crippen molar-refractivity contribution in [2.45, 2.75) is 6.92 Å². The zero-order valence-corrected chi connectivity index (χ0v) is 9.89. The molecule has 0 aliphatic rings. The topological polar surface area (TPSA) is 42.0 Å². The van der Waals surface area contributed by atoms with Crippen LogP contribution in [0, 0.1) is 3.57 Å². The molecule has 0 saturated carbocycles. The first-order valence-corrected chi connectivity index (χ1v) is 5.20. The molecular formula is C8H8ClIN2O. The first-order chi connectivity index (χ1) is 6.16. The monoisotopic (exact) mass is 310 g/mol. The molecule has 1 rings (SSSR count). The highest BCUT2D eigenvalue weighted by atomic mass is 127. The number of amides is 1. The van der Waals surface area contributed by atoms with Crippen molar-refractivity contribution in [1.82, 2.24) is 10.3 Å². The van der Waals surface area contributed by atoms with Crippen LogP contribution in [0.1, 0.15) is 17.3 Å². The standard InChI is InChI=1S/C8H8ClIN2O/c1-2-11-8(13)5-3-4-12-7(9)6(5)10/h3-4H,2H2,1H3,(H,11,13). The van der Waals surface area contributed by atoms with Crippen LogP contribution in [0.25, 0.3) is 0 Å². The van der Waals surface area contributed by atoms with Gasteiger partial charge in [0.25, 0.3) is 5.91 Å². The van der Waals surface area contributed by atoms with Crippen LogP contribution in [0.3, 0.4) is 0 Å². The molecule has 13 heavy (non-hydrogen) atoms. The van der Waals surface area contributed by atoms with Crippen LogP contribution in [0.4, 0.5) is 0 Å². The molecule has 3 nitrogen and oxygen atoms in total. The van der Waals surface area contributed by atoms with E-state index >= 15 is 0 Å². The first kappa shape index (κ1) is 10.7. The molecule has 0 unspecified atom stereocenters. The van der Waals surface area contributed by atoms with E-state index in [0.717, 1.165) is 0 Å². The molecule has 70 valence electrons. The Bertz CT molecular complexity index is 330. The van der Waals surface area contributed by atoms with Crippen LogP contribution in [0.15, 0.2) is 12.3 Å². The summed E-state index contributed by atoms with van der Waals surface area (Å²) in [5, 5.41) is 3.06. The molecule has 0 bridgehead atoms. The van der Waals surface area contributed by atoms with Gasteiger partial charge in [-0.05, 0) is 35.6 Å². The van der Waals surface area contributed by atoms with E-state index in [1.54, 1.807) is 6.07 Å². The molecule has 1 aromatic rings. The van der Waals surface area contributed by atoms with Crippen molar-refractivity contribution in [3.05, 3.63) is 26.5 Å². The highest BCUT2D eigenvalue weighted by Gasteiger charge is 2.11. The van der Waals surface area contributed by atoms with Gasteiger partial charge in [-0.1, -0.05) is 11.6 Å². The number of carbonyl (C=O) groups excluding carboxylic acids is 1. The summed E-state index contributed by atoms with van der Waals surface area (Å²) in [7, 11) is 0. The van der Waals surface area contributed by atoms with Gasteiger partial charge in [-0.15, -0.1) is 0 Å². The average Bonchev–Trinajstić information content (AvgIpc) is 2.10. The van der Waals surface area contributed by atoms with Crippen LogP contribution < -0.4 is 5.32 Å². The van der Waals surface area contributed by atoms with Crippen molar-refractivity contribution in [1.29, 1.82) is 0 Å². The zero-order valence-electron chi connectivity index (χ0n) is 6.97. The highest BCUT2D eigenvalue weighted by molar-refractivity contribution is 14.1. The maximum atomic E-state index is 11.4. The molecule has 0 atom stereocenters. The second-order valence-corrected chi connectivity index (χ2v) is 3.76. The van der Waals surface area contributed by atoms with Gasteiger partial charge in [0.1, 0.15) is 5.15 Å². The minimum Gasteiger partial charge on any atom is -0.352 e. The summed E-state index contributed by atoms with van der Waals surface area (Å²) in [5.74, 6) is -0.115. The number of aromatic nitrogens is 1. The molecule has 1 aromatic heterocycles. The summed E-state index contributed by atoms with van der Waals surface area (Å²) in [6.07, 6.45) is 1.52. The van der Waals surface area contributed by atoms with Gasteiger partial charge in [-0.25, -0.2) is 4.98 Å². The summed E-state index contributed by atoms with van der Waals surface area (Å²) < 4.78 is 0.688. The van der Waals surface area contributed by atoms with Crippen molar-refractivity contribution >= 4 is 40.1 Å². The molecule has 0 aliphatic heterocycles. The SMILES string of the molecule is CCNC(=O)c1ccnc(Cl)c1I. The average molecular weight is 311 g/mol. The van der Waals surface area contributed by atoms with Gasteiger partial charge in [0, 0.05) is 12.7 Å². The fourth-order valence-corrected chi connectivity index (χ4v) is 1.57. The quantitative estimate of drug-likeness (QED) is 0.671. The molecule has 0 aliphatic carbocycles. The van der Waals surface area contributed by atoms with Gasteiger partial charge in [0.2, 0.25) is 0 Å². The smallest absolute Gasteiger partial charge is 0.252 e. The molecule has 0 radical (unpaired) electrons. The molecule has 0 aromatic carbocycles. The number of rotatable bonds is 2. The lowest BCUT2D eigenvalue weighted by molar-refractivity contribution is 0.0955. The highest BCUT2D eigenvalue weighted by Crippen LogP contribution is 2.19. The van der Waals surface area contributed by atoms with Crippen LogP contribution >= 0.6 is 34.2 Å². The Morgan fingerprint density at radius 3 is 3.08 bits per heavy atom. The lowest BCUT2D eigenvalue weighted by Crippen LogP contribution is -2.23. The number of hydrogen-bond donors (Lipinski definition) is 1. The molecule has 0 saturated heterocycles. The van der Waals surface area contributed by atoms with E-state index in [4.69, 9.17) is 11.6 Å². The Balaban J connectivity index is 3.01. The molecule has 5 heteroatoms. The summed E-state index contributed by atoms with van der Waals surface area (Å²) in [5.41, 5.74) is 0.572. The minimum absolute atomic E-state index is 0.115. The fourth-order valence-electron chi connectivity index (χ4n) is 0.849. The Hall–Kier alpha value is -0.360. The number of pyridine rings is 1. The van der Waals surface area contributed by atoms with Gasteiger partial charge in [-0.2, -0.15) is 0 Å². The molecule has 0 spiro atoms. The van der Waals surface area contributed by atoms with Gasteiger partial charge < -0.3 is 5.32 Å². The van der Waals surface area contributed by atoms with Gasteiger partial charge in [-0.3, -0.25) is 4.79 Å². The number of nitrogens with zero attached hydrogens (tertiary/aromatic N) is 1. The van der Waals surface area contributed by atoms with E-state index in [1.165, 1.54) is 6.20 Å². The third-order valence-corrected chi connectivity index (χ3v) is 3.13. The fraction of sp³-hybridized carbons (Fsp3) is 0.250. The normalized spacial score (nSPS) is 9.77. The van der Waals surface area contributed by atoms with Crippen LogP contribution in [-0.2, 0) is 0 Å². The third kappa shape index (κ3) is 2.54. The van der Waals surface area contributed by atoms with E-state index in [9.17, 15) is 4.79 Å². The second-order valence-electron chi connectivity index (χ2n) is 2.32. The first-order valence-electron chi connectivity index (χ1n) is 3.75. The second kappa shape index (κ2) is 4.76. The predicted octanol–water partition coefficient (Wildman–Crippen LogP) is 2.09. The van der Waals surface area contributed by atoms with E-state index < -0.39 is 0 Å². The maximum Gasteiger partial charge on any atom is 0.252 e. The lowest BCUT2D eigenvalue weighted by Gasteiger charge is -2.04. The van der Waals surface area contributed by atoms with Gasteiger partial charge in [0.15, 0.2) is 0 Å². The van der Waals surface area contributed by atoms with Crippen molar-refractivity contribution in [3.8, 4) is 0 Å². The van der Waals surface area contributed by atoms with Crippen molar-refractivity contribution in [3.63, 3.8) is 0 Å². The minimum atomic E-state index is -0.115. The molecule has 1 N–H and O–H groups in total.